The third-order valence-electron chi connectivity index (χ3n) is 8.06. The molecule has 3 aromatic rings. The third-order valence-corrected chi connectivity index (χ3v) is 8.06. The number of piperidine rings is 1. The van der Waals surface area contributed by atoms with Gasteiger partial charge in [-0.3, -0.25) is 9.69 Å². The minimum atomic E-state index is -1.74. The van der Waals surface area contributed by atoms with Crippen LogP contribution in [-0.2, 0) is 11.3 Å². The fraction of sp³-hybridized carbons (Fsp3) is 0.552. The van der Waals surface area contributed by atoms with Crippen molar-refractivity contribution in [2.45, 2.75) is 77.0 Å². The van der Waals surface area contributed by atoms with Gasteiger partial charge in [-0.2, -0.15) is 0 Å². The van der Waals surface area contributed by atoms with Crippen molar-refractivity contribution in [2.75, 3.05) is 31.6 Å². The molecule has 2 fully saturated rings. The number of aliphatic hydroxyl groups is 2. The van der Waals surface area contributed by atoms with E-state index in [9.17, 15) is 19.4 Å². The molecule has 0 saturated carbocycles. The molecule has 0 radical (unpaired) electrons. The number of hydrogen-bond donors (Lipinski definition) is 3. The van der Waals surface area contributed by atoms with Crippen molar-refractivity contribution in [2.24, 2.45) is 0 Å². The third kappa shape index (κ3) is 5.47. The first kappa shape index (κ1) is 28.5. The highest BCUT2D eigenvalue weighted by Crippen LogP contribution is 2.31. The Morgan fingerprint density at radius 2 is 2.05 bits per heavy atom. The largest absolute Gasteiger partial charge is 0.390 e. The van der Waals surface area contributed by atoms with E-state index in [-0.39, 0.29) is 42.3 Å². The Hall–Kier alpha value is -2.99. The summed E-state index contributed by atoms with van der Waals surface area (Å²) in [6, 6.07) is 4.75. The lowest BCUT2D eigenvalue weighted by molar-refractivity contribution is -0.0597. The minimum absolute atomic E-state index is 0.0540. The van der Waals surface area contributed by atoms with E-state index in [1.807, 2.05) is 23.3 Å². The molecule has 9 nitrogen and oxygen atoms in total. The number of ether oxygens (including phenoxy) is 1. The molecule has 11 heteroatoms. The van der Waals surface area contributed by atoms with E-state index >= 15 is 4.39 Å². The van der Waals surface area contributed by atoms with Crippen molar-refractivity contribution in [3.8, 4) is 11.3 Å². The smallest absolute Gasteiger partial charge is 0.223 e. The molecular formula is C29H37F2N5O4. The average Bonchev–Trinajstić information content (AvgIpc) is 2.91. The lowest BCUT2D eigenvalue weighted by atomic mass is 9.93. The van der Waals surface area contributed by atoms with Gasteiger partial charge in [0.2, 0.25) is 5.95 Å². The number of pyridine rings is 1. The molecule has 5 rings (SSSR count). The van der Waals surface area contributed by atoms with Crippen LogP contribution in [0, 0.1) is 12.7 Å². The van der Waals surface area contributed by atoms with E-state index in [0.29, 0.717) is 54.6 Å². The number of halogens is 2. The van der Waals surface area contributed by atoms with Gasteiger partial charge < -0.3 is 24.8 Å². The Morgan fingerprint density at radius 3 is 2.75 bits per heavy atom. The van der Waals surface area contributed by atoms with Crippen molar-refractivity contribution >= 4 is 16.9 Å². The first-order valence-electron chi connectivity index (χ1n) is 13.8. The molecule has 0 spiro atoms. The highest BCUT2D eigenvalue weighted by atomic mass is 19.1. The second-order valence-corrected chi connectivity index (χ2v) is 11.5. The number of benzene rings is 1. The fourth-order valence-corrected chi connectivity index (χ4v) is 5.78. The van der Waals surface area contributed by atoms with Gasteiger partial charge in [-0.15, -0.1) is 0 Å². The van der Waals surface area contributed by atoms with Crippen LogP contribution in [0.1, 0.15) is 50.9 Å². The number of alkyl halides is 1. The van der Waals surface area contributed by atoms with E-state index < -0.39 is 23.7 Å². The summed E-state index contributed by atoms with van der Waals surface area (Å²) in [4.78, 5) is 23.9. The first-order chi connectivity index (χ1) is 19.0. The zero-order chi connectivity index (χ0) is 28.8. The van der Waals surface area contributed by atoms with Crippen molar-refractivity contribution in [1.29, 1.82) is 0 Å². The minimum Gasteiger partial charge on any atom is -0.390 e. The van der Waals surface area contributed by atoms with Crippen LogP contribution in [0.3, 0.4) is 0 Å². The second-order valence-electron chi connectivity index (χ2n) is 11.5. The van der Waals surface area contributed by atoms with Crippen LogP contribution in [0.15, 0.2) is 29.2 Å². The lowest BCUT2D eigenvalue weighted by Gasteiger charge is -2.39. The topological polar surface area (TPSA) is 113 Å². The molecule has 4 heterocycles. The Labute approximate surface area is 231 Å². The molecule has 0 aliphatic carbocycles. The number of nitrogens with zero attached hydrogens (tertiary/aromatic N) is 4. The van der Waals surface area contributed by atoms with Crippen molar-refractivity contribution in [3.63, 3.8) is 0 Å². The van der Waals surface area contributed by atoms with Gasteiger partial charge in [-0.1, -0.05) is 6.07 Å². The number of aromatic nitrogens is 3. The maximum absolute atomic E-state index is 15.1. The summed E-state index contributed by atoms with van der Waals surface area (Å²) in [5.41, 5.74) is 0.646. The van der Waals surface area contributed by atoms with Crippen LogP contribution >= 0.6 is 0 Å². The Bertz CT molecular complexity index is 1460. The van der Waals surface area contributed by atoms with Gasteiger partial charge in [-0.05, 0) is 52.7 Å². The number of hydrogen-bond acceptors (Lipinski definition) is 8. The molecule has 0 amide bonds. The number of fused-ring (bicyclic) bond motifs is 1. The molecule has 4 atom stereocenters. The summed E-state index contributed by atoms with van der Waals surface area (Å²) in [6.07, 6.45) is 0.215. The summed E-state index contributed by atoms with van der Waals surface area (Å²) in [7, 11) is 0. The number of rotatable bonds is 6. The molecule has 40 heavy (non-hydrogen) atoms. The summed E-state index contributed by atoms with van der Waals surface area (Å²) in [5, 5.41) is 23.9. The Balaban J connectivity index is 1.56. The molecule has 2 aliphatic rings. The molecule has 0 bridgehead atoms. The van der Waals surface area contributed by atoms with E-state index in [1.54, 1.807) is 25.1 Å². The maximum atomic E-state index is 15.1. The Kier molecular flexibility index (Phi) is 7.93. The van der Waals surface area contributed by atoms with Crippen LogP contribution in [-0.4, -0.2) is 79.9 Å². The quantitative estimate of drug-likeness (QED) is 0.423. The average molecular weight is 558 g/mol. The second kappa shape index (κ2) is 11.1. The lowest BCUT2D eigenvalue weighted by Crippen LogP contribution is -2.52. The van der Waals surface area contributed by atoms with Crippen LogP contribution in [0.25, 0.3) is 22.2 Å². The van der Waals surface area contributed by atoms with Gasteiger partial charge in [-0.25, -0.2) is 18.7 Å². The molecule has 0 unspecified atom stereocenters. The SMILES string of the molecule is Cc1c(CN2CC[C@H](O)[C@@](C)(F)C2)n(C(C)C)c2cc(-c3nc(N[C@@H]4CCOC[C@H]4O)ncc3F)ccc2c1=O. The van der Waals surface area contributed by atoms with Crippen molar-refractivity contribution < 1.29 is 23.7 Å². The summed E-state index contributed by atoms with van der Waals surface area (Å²) < 4.78 is 37.3. The zero-order valence-electron chi connectivity index (χ0n) is 23.3. The van der Waals surface area contributed by atoms with E-state index in [1.165, 1.54) is 6.92 Å². The van der Waals surface area contributed by atoms with Crippen LogP contribution in [0.2, 0.25) is 0 Å². The van der Waals surface area contributed by atoms with Crippen molar-refractivity contribution in [1.82, 2.24) is 19.4 Å². The van der Waals surface area contributed by atoms with E-state index in [2.05, 4.69) is 15.3 Å². The number of aliphatic hydroxyl groups excluding tert-OH is 2. The molecule has 2 aliphatic heterocycles. The predicted molar refractivity (Wildman–Crippen MR) is 149 cm³/mol. The van der Waals surface area contributed by atoms with Gasteiger partial charge in [0.05, 0.1) is 36.6 Å². The molecule has 216 valence electrons. The van der Waals surface area contributed by atoms with Crippen molar-refractivity contribution in [3.05, 3.63) is 51.7 Å². The molecule has 3 N–H and O–H groups in total. The van der Waals surface area contributed by atoms with E-state index in [0.717, 1.165) is 11.9 Å². The number of nitrogens with one attached hydrogen (secondary N) is 1. The molecule has 1 aromatic carbocycles. The maximum Gasteiger partial charge on any atom is 0.223 e. The monoisotopic (exact) mass is 557 g/mol. The van der Waals surface area contributed by atoms with E-state index in [4.69, 9.17) is 4.74 Å². The van der Waals surface area contributed by atoms with Gasteiger partial charge in [0.15, 0.2) is 11.2 Å². The normalized spacial score (nSPS) is 26.0. The highest BCUT2D eigenvalue weighted by Gasteiger charge is 2.39. The van der Waals surface area contributed by atoms with Gasteiger partial charge >= 0.3 is 0 Å². The van der Waals surface area contributed by atoms with Gasteiger partial charge in [0.1, 0.15) is 11.4 Å². The summed E-state index contributed by atoms with van der Waals surface area (Å²) in [6.45, 7) is 8.80. The van der Waals surface area contributed by atoms with Gasteiger partial charge in [0.25, 0.3) is 0 Å². The van der Waals surface area contributed by atoms with Gasteiger partial charge in [0, 0.05) is 54.5 Å². The van der Waals surface area contributed by atoms with Crippen LogP contribution in [0.4, 0.5) is 14.7 Å². The summed E-state index contributed by atoms with van der Waals surface area (Å²) in [5.74, 6) is -0.424. The molecule has 2 saturated heterocycles. The number of anilines is 1. The Morgan fingerprint density at radius 1 is 1.27 bits per heavy atom. The first-order valence-corrected chi connectivity index (χ1v) is 13.8. The highest BCUT2D eigenvalue weighted by molar-refractivity contribution is 5.85. The standard InChI is InChI=1S/C29H37F2N5O4/c1-16(2)36-22-11-18(26-20(30)12-32-28(34-26)33-21-8-10-40-14-24(21)37)5-6-19(22)27(39)17(3)23(36)13-35-9-7-25(38)29(4,31)15-35/h5-6,11-12,16,21,24-25,37-38H,7-10,13-15H2,1-4H3,(H,32,33,34)/t21-,24-,25+,29+/m1/s1. The molecule has 2 aromatic heterocycles. The van der Waals surface area contributed by atoms with Crippen LogP contribution < -0.4 is 10.7 Å². The van der Waals surface area contributed by atoms with Crippen LogP contribution in [0.5, 0.6) is 0 Å². The molecular weight excluding hydrogens is 520 g/mol. The summed E-state index contributed by atoms with van der Waals surface area (Å²) >= 11 is 0. The fourth-order valence-electron chi connectivity index (χ4n) is 5.78. The predicted octanol–water partition coefficient (Wildman–Crippen LogP) is 3.34. The number of likely N-dealkylation sites (tertiary alicyclic amines) is 1. The zero-order valence-corrected chi connectivity index (χ0v) is 23.3.